The number of para-hydroxylation sites is 1. The Hall–Kier alpha value is -2.43. The molecule has 5 nitrogen and oxygen atoms in total. The molecule has 0 unspecified atom stereocenters. The van der Waals surface area contributed by atoms with Crippen LogP contribution in [0.1, 0.15) is 6.42 Å². The molecule has 2 aromatic heterocycles. The number of thioether (sulfide) groups is 1. The average molecular weight is 354 g/mol. The summed E-state index contributed by atoms with van der Waals surface area (Å²) >= 11 is 2.97. The topological polar surface area (TPSA) is 78.7 Å². The van der Waals surface area contributed by atoms with Gasteiger partial charge < -0.3 is 5.32 Å². The molecule has 1 N–H and O–H groups in total. The van der Waals surface area contributed by atoms with E-state index in [0.29, 0.717) is 18.8 Å². The normalized spacial score (nSPS) is 10.5. The van der Waals surface area contributed by atoms with Crippen molar-refractivity contribution in [1.29, 1.82) is 5.26 Å². The highest BCUT2D eigenvalue weighted by molar-refractivity contribution is 8.00. The first-order valence-electron chi connectivity index (χ1n) is 7.35. The predicted octanol–water partition coefficient (Wildman–Crippen LogP) is 3.48. The smallest absolute Gasteiger partial charge is 0.230 e. The Kier molecular flexibility index (Phi) is 5.41. The van der Waals surface area contributed by atoms with E-state index in [1.807, 2.05) is 47.8 Å². The second kappa shape index (κ2) is 7.90. The van der Waals surface area contributed by atoms with Gasteiger partial charge in [-0.15, -0.1) is 11.3 Å². The summed E-state index contributed by atoms with van der Waals surface area (Å²) in [5.41, 5.74) is 0.864. The van der Waals surface area contributed by atoms with Gasteiger partial charge >= 0.3 is 0 Å². The van der Waals surface area contributed by atoms with E-state index in [9.17, 15) is 4.79 Å². The van der Waals surface area contributed by atoms with Crippen LogP contribution in [0.3, 0.4) is 0 Å². The van der Waals surface area contributed by atoms with Crippen molar-refractivity contribution in [1.82, 2.24) is 15.3 Å². The number of rotatable bonds is 6. The summed E-state index contributed by atoms with van der Waals surface area (Å²) in [6, 6.07) is 13.7. The van der Waals surface area contributed by atoms with Gasteiger partial charge in [-0.05, 0) is 17.5 Å². The second-order valence-corrected chi connectivity index (χ2v) is 6.81. The molecule has 1 amide bonds. The molecule has 0 fully saturated rings. The maximum Gasteiger partial charge on any atom is 0.230 e. The quantitative estimate of drug-likeness (QED) is 0.416. The molecule has 0 bridgehead atoms. The fraction of sp³-hybridized carbons (Fsp3) is 0.176. The van der Waals surface area contributed by atoms with Crippen molar-refractivity contribution >= 4 is 39.9 Å². The molecule has 0 aliphatic heterocycles. The Morgan fingerprint density at radius 3 is 2.92 bits per heavy atom. The van der Waals surface area contributed by atoms with Gasteiger partial charge in [0.2, 0.25) is 5.91 Å². The first-order chi connectivity index (χ1) is 11.8. The lowest BCUT2D eigenvalue weighted by Gasteiger charge is -2.08. The van der Waals surface area contributed by atoms with E-state index in [-0.39, 0.29) is 11.7 Å². The Labute approximate surface area is 147 Å². The lowest BCUT2D eigenvalue weighted by molar-refractivity contribution is -0.118. The summed E-state index contributed by atoms with van der Waals surface area (Å²) in [4.78, 5) is 22.1. The molecule has 0 saturated carbocycles. The maximum absolute atomic E-state index is 11.9. The van der Waals surface area contributed by atoms with Crippen LogP contribution < -0.4 is 5.32 Å². The molecular formula is C17H14N4OS2. The molecule has 0 aliphatic rings. The zero-order valence-corrected chi connectivity index (χ0v) is 14.4. The number of nitriles is 1. The van der Waals surface area contributed by atoms with E-state index in [0.717, 1.165) is 20.8 Å². The van der Waals surface area contributed by atoms with E-state index in [1.165, 1.54) is 11.8 Å². The van der Waals surface area contributed by atoms with Gasteiger partial charge in [0, 0.05) is 11.9 Å². The number of fused-ring (bicyclic) bond motifs is 1. The summed E-state index contributed by atoms with van der Waals surface area (Å²) in [5.74, 6) is 0.836. The number of amides is 1. The van der Waals surface area contributed by atoms with Crippen molar-refractivity contribution in [3.8, 4) is 16.8 Å². The van der Waals surface area contributed by atoms with Crippen molar-refractivity contribution in [2.24, 2.45) is 0 Å². The molecule has 0 atom stereocenters. The van der Waals surface area contributed by atoms with Crippen LogP contribution in [0.15, 0.2) is 46.8 Å². The maximum atomic E-state index is 11.9. The first kappa shape index (κ1) is 16.4. The van der Waals surface area contributed by atoms with E-state index in [4.69, 9.17) is 5.26 Å². The number of nitrogens with zero attached hydrogens (tertiary/aromatic N) is 3. The minimum Gasteiger partial charge on any atom is -0.354 e. The first-order valence-corrected chi connectivity index (χ1v) is 9.21. The molecule has 0 spiro atoms. The third-order valence-corrected chi connectivity index (χ3v) is 5.07. The molecule has 0 saturated heterocycles. The van der Waals surface area contributed by atoms with Crippen molar-refractivity contribution in [2.75, 3.05) is 12.3 Å². The van der Waals surface area contributed by atoms with Gasteiger partial charge in [0.05, 0.1) is 28.6 Å². The number of carbonyl (C=O) groups excluding carboxylic acids is 1. The summed E-state index contributed by atoms with van der Waals surface area (Å²) in [5, 5.41) is 14.9. The van der Waals surface area contributed by atoms with Gasteiger partial charge in [-0.2, -0.15) is 5.26 Å². The predicted molar refractivity (Wildman–Crippen MR) is 96.8 cm³/mol. The highest BCUT2D eigenvalue weighted by Crippen LogP contribution is 2.29. The highest BCUT2D eigenvalue weighted by atomic mass is 32.2. The number of carbonyl (C=O) groups is 1. The van der Waals surface area contributed by atoms with Crippen molar-refractivity contribution < 1.29 is 4.79 Å². The van der Waals surface area contributed by atoms with Crippen LogP contribution in [-0.2, 0) is 4.79 Å². The molecule has 0 aliphatic carbocycles. The number of thiophene rings is 1. The summed E-state index contributed by atoms with van der Waals surface area (Å²) < 4.78 is 0. The van der Waals surface area contributed by atoms with Gasteiger partial charge in [0.25, 0.3) is 0 Å². The second-order valence-electron chi connectivity index (χ2n) is 4.89. The van der Waals surface area contributed by atoms with Crippen molar-refractivity contribution in [2.45, 2.75) is 11.4 Å². The third-order valence-electron chi connectivity index (χ3n) is 3.21. The van der Waals surface area contributed by atoms with Crippen LogP contribution in [0.2, 0.25) is 0 Å². The van der Waals surface area contributed by atoms with Crippen LogP contribution in [0.4, 0.5) is 0 Å². The van der Waals surface area contributed by atoms with Crippen LogP contribution in [0.25, 0.3) is 21.6 Å². The third kappa shape index (κ3) is 3.91. The van der Waals surface area contributed by atoms with Gasteiger partial charge in [-0.25, -0.2) is 9.97 Å². The summed E-state index contributed by atoms with van der Waals surface area (Å²) in [6.07, 6.45) is 0.315. The zero-order valence-electron chi connectivity index (χ0n) is 12.7. The fourth-order valence-electron chi connectivity index (χ4n) is 2.12. The van der Waals surface area contributed by atoms with E-state index >= 15 is 0 Å². The molecule has 7 heteroatoms. The summed E-state index contributed by atoms with van der Waals surface area (Å²) in [7, 11) is 0. The van der Waals surface area contributed by atoms with Gasteiger partial charge in [0.1, 0.15) is 5.03 Å². The van der Waals surface area contributed by atoms with Gasteiger partial charge in [-0.3, -0.25) is 4.79 Å². The van der Waals surface area contributed by atoms with E-state index < -0.39 is 0 Å². The van der Waals surface area contributed by atoms with Crippen molar-refractivity contribution in [3.63, 3.8) is 0 Å². The van der Waals surface area contributed by atoms with E-state index in [1.54, 1.807) is 11.3 Å². The highest BCUT2D eigenvalue weighted by Gasteiger charge is 2.12. The molecule has 0 radical (unpaired) electrons. The van der Waals surface area contributed by atoms with Crippen LogP contribution in [0, 0.1) is 11.3 Å². The molecule has 1 aromatic carbocycles. The van der Waals surface area contributed by atoms with Gasteiger partial charge in [0.15, 0.2) is 5.82 Å². The average Bonchev–Trinajstić information content (AvgIpc) is 3.14. The Morgan fingerprint density at radius 1 is 1.25 bits per heavy atom. The number of benzene rings is 1. The van der Waals surface area contributed by atoms with Crippen LogP contribution >= 0.6 is 23.1 Å². The Morgan fingerprint density at radius 2 is 2.12 bits per heavy atom. The van der Waals surface area contributed by atoms with E-state index in [2.05, 4.69) is 15.3 Å². The fourth-order valence-corrected chi connectivity index (χ4v) is 3.62. The van der Waals surface area contributed by atoms with Gasteiger partial charge in [-0.1, -0.05) is 36.0 Å². The largest absolute Gasteiger partial charge is 0.354 e. The molecule has 2 heterocycles. The monoisotopic (exact) mass is 354 g/mol. The molecule has 120 valence electrons. The molecular weight excluding hydrogens is 340 g/mol. The standard InChI is InChI=1S/C17H14N4OS2/c18-8-4-9-19-15(22)11-24-17-12-5-1-2-6-13(12)20-16(21-17)14-7-3-10-23-14/h1-3,5-7,10H,4,9,11H2,(H,19,22). The number of nitrogens with one attached hydrogen (secondary N) is 1. The number of hydrogen-bond acceptors (Lipinski definition) is 6. The van der Waals surface area contributed by atoms with Crippen molar-refractivity contribution in [3.05, 3.63) is 41.8 Å². The van der Waals surface area contributed by atoms with Crippen LogP contribution in [-0.4, -0.2) is 28.2 Å². The minimum absolute atomic E-state index is 0.101. The molecule has 3 aromatic rings. The molecule has 3 rings (SSSR count). The zero-order chi connectivity index (χ0) is 16.8. The Balaban J connectivity index is 1.83. The van der Waals surface area contributed by atoms with Crippen LogP contribution in [0.5, 0.6) is 0 Å². The summed E-state index contributed by atoms with van der Waals surface area (Å²) in [6.45, 7) is 0.376. The SMILES string of the molecule is N#CCCNC(=O)CSc1nc(-c2cccs2)nc2ccccc12. The lowest BCUT2D eigenvalue weighted by atomic mass is 10.2. The number of aromatic nitrogens is 2. The number of hydrogen-bond donors (Lipinski definition) is 1. The minimum atomic E-state index is -0.101. The lowest BCUT2D eigenvalue weighted by Crippen LogP contribution is -2.25. The molecule has 24 heavy (non-hydrogen) atoms. The Bertz CT molecular complexity index is 887.